The second-order valence-corrected chi connectivity index (χ2v) is 2.54. The summed E-state index contributed by atoms with van der Waals surface area (Å²) in [5.41, 5.74) is -2.04. The Morgan fingerprint density at radius 3 is 2.46 bits per heavy atom. The molecular weight excluding hydrogens is 196 g/mol. The Morgan fingerprint density at radius 2 is 2.00 bits per heavy atom. The van der Waals surface area contributed by atoms with Crippen LogP contribution in [0, 0.1) is 0 Å². The van der Waals surface area contributed by atoms with Crippen LogP contribution in [0.4, 0.5) is 0 Å². The lowest BCUT2D eigenvalue weighted by Crippen LogP contribution is -2.29. The molecule has 1 heterocycles. The summed E-state index contributed by atoms with van der Waals surface area (Å²) < 4.78 is 0. The topological polar surface area (TPSA) is 103 Å². The van der Waals surface area contributed by atoms with Crippen LogP contribution in [0.3, 0.4) is 0 Å². The van der Waals surface area contributed by atoms with Gasteiger partial charge in [0.2, 0.25) is 0 Å². The number of thiol groups is 1. The number of nitrogens with one attached hydrogen (secondary N) is 2. The van der Waals surface area contributed by atoms with Crippen molar-refractivity contribution in [3.05, 3.63) is 32.1 Å². The Morgan fingerprint density at radius 1 is 1.38 bits per heavy atom. The van der Waals surface area contributed by atoms with Gasteiger partial charge in [0.25, 0.3) is 5.56 Å². The lowest BCUT2D eigenvalue weighted by molar-refractivity contribution is 0.0688. The van der Waals surface area contributed by atoms with Crippen LogP contribution in [0.2, 0.25) is 0 Å². The second kappa shape index (κ2) is 3.48. The van der Waals surface area contributed by atoms with Gasteiger partial charge in [0.05, 0.1) is 5.56 Å². The van der Waals surface area contributed by atoms with Crippen molar-refractivity contribution >= 4 is 18.6 Å². The van der Waals surface area contributed by atoms with Crippen molar-refractivity contribution in [1.29, 1.82) is 0 Å². The van der Waals surface area contributed by atoms with Crippen LogP contribution in [0.1, 0.15) is 16.1 Å². The molecule has 7 heteroatoms. The predicted octanol–water partition coefficient (Wildman–Crippen LogP) is -0.809. The normalized spacial score (nSPS) is 9.92. The van der Waals surface area contributed by atoms with Crippen LogP contribution in [-0.2, 0) is 5.75 Å². The number of hydrogen-bond acceptors (Lipinski definition) is 4. The van der Waals surface area contributed by atoms with Crippen molar-refractivity contribution in [3.63, 3.8) is 0 Å². The van der Waals surface area contributed by atoms with Crippen molar-refractivity contribution in [2.75, 3.05) is 0 Å². The number of aromatic carboxylic acids is 1. The molecule has 0 saturated carbocycles. The number of hydrogen-bond donors (Lipinski definition) is 4. The maximum Gasteiger partial charge on any atom is 0.352 e. The smallest absolute Gasteiger partial charge is 0.352 e. The molecule has 1 aromatic heterocycles. The van der Waals surface area contributed by atoms with Gasteiger partial charge in [-0.25, -0.2) is 9.59 Å². The zero-order valence-electron chi connectivity index (χ0n) is 6.33. The van der Waals surface area contributed by atoms with E-state index in [-0.39, 0.29) is 11.3 Å². The Hall–Kier alpha value is -1.50. The molecule has 0 radical (unpaired) electrons. The molecule has 0 saturated heterocycles. The minimum absolute atomic E-state index is 0.0479. The van der Waals surface area contributed by atoms with Gasteiger partial charge in [0.15, 0.2) is 0 Å². The van der Waals surface area contributed by atoms with Gasteiger partial charge in [-0.2, -0.15) is 12.6 Å². The van der Waals surface area contributed by atoms with Crippen LogP contribution in [-0.4, -0.2) is 21.0 Å². The van der Waals surface area contributed by atoms with Crippen molar-refractivity contribution in [2.24, 2.45) is 0 Å². The van der Waals surface area contributed by atoms with Gasteiger partial charge < -0.3 is 10.1 Å². The lowest BCUT2D eigenvalue weighted by Gasteiger charge is -1.99. The SMILES string of the molecule is O=C(O)c1[nH]c(=O)[nH]c(=O)c1CS. The van der Waals surface area contributed by atoms with E-state index in [4.69, 9.17) is 5.11 Å². The van der Waals surface area contributed by atoms with Crippen molar-refractivity contribution < 1.29 is 9.90 Å². The molecule has 6 nitrogen and oxygen atoms in total. The van der Waals surface area contributed by atoms with Gasteiger partial charge in [0.1, 0.15) is 5.69 Å². The number of carbonyl (C=O) groups is 1. The van der Waals surface area contributed by atoms with E-state index < -0.39 is 22.9 Å². The van der Waals surface area contributed by atoms with Gasteiger partial charge in [0, 0.05) is 5.75 Å². The van der Waals surface area contributed by atoms with Crippen LogP contribution in [0.15, 0.2) is 9.59 Å². The van der Waals surface area contributed by atoms with Crippen LogP contribution < -0.4 is 11.2 Å². The zero-order valence-corrected chi connectivity index (χ0v) is 7.22. The van der Waals surface area contributed by atoms with Crippen molar-refractivity contribution in [3.8, 4) is 0 Å². The van der Waals surface area contributed by atoms with E-state index in [1.165, 1.54) is 0 Å². The van der Waals surface area contributed by atoms with E-state index in [0.717, 1.165) is 0 Å². The third kappa shape index (κ3) is 1.81. The summed E-state index contributed by atoms with van der Waals surface area (Å²) in [7, 11) is 0. The van der Waals surface area contributed by atoms with Gasteiger partial charge in [-0.3, -0.25) is 9.78 Å². The molecular formula is C6H6N2O4S. The first kappa shape index (κ1) is 9.59. The number of H-pyrrole nitrogens is 2. The third-order valence-corrected chi connectivity index (χ3v) is 1.73. The van der Waals surface area contributed by atoms with Gasteiger partial charge in [-0.15, -0.1) is 0 Å². The lowest BCUT2D eigenvalue weighted by atomic mass is 10.2. The molecule has 1 aromatic rings. The fourth-order valence-corrected chi connectivity index (χ4v) is 1.15. The largest absolute Gasteiger partial charge is 0.477 e. The van der Waals surface area contributed by atoms with E-state index in [1.807, 2.05) is 9.97 Å². The Balaban J connectivity index is 3.57. The summed E-state index contributed by atoms with van der Waals surface area (Å²) in [5, 5.41) is 8.59. The van der Waals surface area contributed by atoms with E-state index in [1.54, 1.807) is 0 Å². The highest BCUT2D eigenvalue weighted by atomic mass is 32.1. The fraction of sp³-hybridized carbons (Fsp3) is 0.167. The second-order valence-electron chi connectivity index (χ2n) is 2.23. The standard InChI is InChI=1S/C6H6N2O4S/c9-4-2(1-13)3(5(10)11)7-6(12)8-4/h13H,1H2,(H,10,11)(H2,7,8,9,12). The molecule has 0 fully saturated rings. The van der Waals surface area contributed by atoms with E-state index in [9.17, 15) is 14.4 Å². The maximum atomic E-state index is 11.0. The number of carboxylic acids is 1. The monoisotopic (exact) mass is 202 g/mol. The van der Waals surface area contributed by atoms with E-state index in [0.29, 0.717) is 0 Å². The predicted molar refractivity (Wildman–Crippen MR) is 47.3 cm³/mol. The molecule has 0 spiro atoms. The summed E-state index contributed by atoms with van der Waals surface area (Å²) >= 11 is 3.77. The quantitative estimate of drug-likeness (QED) is 0.471. The first-order valence-corrected chi connectivity index (χ1v) is 3.89. The minimum Gasteiger partial charge on any atom is -0.477 e. The first-order chi connectivity index (χ1) is 6.06. The number of carboxylic acid groups (broad SMARTS) is 1. The average molecular weight is 202 g/mol. The van der Waals surface area contributed by atoms with Crippen LogP contribution in [0.25, 0.3) is 0 Å². The highest BCUT2D eigenvalue weighted by molar-refractivity contribution is 7.79. The van der Waals surface area contributed by atoms with Crippen molar-refractivity contribution in [2.45, 2.75) is 5.75 Å². The summed E-state index contributed by atoms with van der Waals surface area (Å²) in [6.07, 6.45) is 0. The molecule has 0 unspecified atom stereocenters. The number of aromatic amines is 2. The molecule has 0 amide bonds. The Kier molecular flexibility index (Phi) is 2.57. The summed E-state index contributed by atoms with van der Waals surface area (Å²) in [4.78, 5) is 36.1. The molecule has 0 aliphatic heterocycles. The molecule has 0 aromatic carbocycles. The highest BCUT2D eigenvalue weighted by Crippen LogP contribution is 2.00. The van der Waals surface area contributed by atoms with Gasteiger partial charge in [-0.05, 0) is 0 Å². The summed E-state index contributed by atoms with van der Waals surface area (Å²) in [6.45, 7) is 0. The van der Waals surface area contributed by atoms with Gasteiger partial charge in [-0.1, -0.05) is 0 Å². The molecule has 0 bridgehead atoms. The molecule has 0 atom stereocenters. The Bertz CT molecular complexity index is 447. The Labute approximate surface area is 77.0 Å². The first-order valence-electron chi connectivity index (χ1n) is 3.26. The van der Waals surface area contributed by atoms with Crippen molar-refractivity contribution in [1.82, 2.24) is 9.97 Å². The summed E-state index contributed by atoms with van der Waals surface area (Å²) in [5.74, 6) is -1.40. The zero-order chi connectivity index (χ0) is 10.0. The van der Waals surface area contributed by atoms with Crippen LogP contribution >= 0.6 is 12.6 Å². The number of rotatable bonds is 2. The average Bonchev–Trinajstić information content (AvgIpc) is 2.02. The van der Waals surface area contributed by atoms with E-state index >= 15 is 0 Å². The van der Waals surface area contributed by atoms with E-state index in [2.05, 4.69) is 12.6 Å². The molecule has 3 N–H and O–H groups in total. The minimum atomic E-state index is -1.35. The number of aromatic nitrogens is 2. The maximum absolute atomic E-state index is 11.0. The third-order valence-electron chi connectivity index (χ3n) is 1.41. The van der Waals surface area contributed by atoms with Crippen LogP contribution in [0.5, 0.6) is 0 Å². The molecule has 0 aliphatic carbocycles. The molecule has 70 valence electrons. The highest BCUT2D eigenvalue weighted by Gasteiger charge is 2.13. The van der Waals surface area contributed by atoms with Gasteiger partial charge >= 0.3 is 11.7 Å². The molecule has 0 aliphatic rings. The molecule has 13 heavy (non-hydrogen) atoms. The molecule has 1 rings (SSSR count). The summed E-state index contributed by atoms with van der Waals surface area (Å²) in [6, 6.07) is 0. The fourth-order valence-electron chi connectivity index (χ4n) is 0.846.